The molecule has 0 aliphatic rings. The molecule has 0 aliphatic carbocycles. The van der Waals surface area contributed by atoms with Gasteiger partial charge in [-0.25, -0.2) is 8.42 Å². The van der Waals surface area contributed by atoms with Crippen molar-refractivity contribution in [2.24, 2.45) is 0 Å². The second-order valence-electron chi connectivity index (χ2n) is 10.4. The minimum absolute atomic E-state index is 0.0788. The van der Waals surface area contributed by atoms with Gasteiger partial charge in [-0.3, -0.25) is 13.9 Å². The SMILES string of the molecule is CCCCNC(=O)C(Cc1ccccc1)N(Cc1cccc(OC)c1)C(=O)CCCN(c1ccccc1C)S(C)(=O)=O. The second-order valence-corrected chi connectivity index (χ2v) is 12.4. The molecule has 226 valence electrons. The molecule has 9 heteroatoms. The molecule has 0 aliphatic heterocycles. The molecule has 1 unspecified atom stereocenters. The first kappa shape index (κ1) is 32.7. The monoisotopic (exact) mass is 593 g/mol. The van der Waals surface area contributed by atoms with Crippen LogP contribution in [-0.2, 0) is 32.6 Å². The molecule has 3 rings (SSSR count). The third-order valence-corrected chi connectivity index (χ3v) is 8.30. The molecule has 0 spiro atoms. The van der Waals surface area contributed by atoms with Crippen molar-refractivity contribution in [3.63, 3.8) is 0 Å². The molecule has 0 radical (unpaired) electrons. The van der Waals surface area contributed by atoms with Crippen molar-refractivity contribution in [3.8, 4) is 5.75 Å². The summed E-state index contributed by atoms with van der Waals surface area (Å²) in [6.45, 7) is 4.81. The van der Waals surface area contributed by atoms with Crippen LogP contribution >= 0.6 is 0 Å². The number of aryl methyl sites for hydroxylation is 1. The second kappa shape index (κ2) is 16.0. The number of amides is 2. The Hall–Kier alpha value is -3.85. The molecular formula is C33H43N3O5S. The van der Waals surface area contributed by atoms with Gasteiger partial charge in [0.05, 0.1) is 19.1 Å². The van der Waals surface area contributed by atoms with Crippen molar-refractivity contribution >= 4 is 27.5 Å². The van der Waals surface area contributed by atoms with Crippen LogP contribution in [0.5, 0.6) is 5.75 Å². The van der Waals surface area contributed by atoms with Crippen LogP contribution in [0.4, 0.5) is 5.69 Å². The van der Waals surface area contributed by atoms with Crippen LogP contribution in [0.25, 0.3) is 0 Å². The van der Waals surface area contributed by atoms with Crippen LogP contribution in [0.3, 0.4) is 0 Å². The van der Waals surface area contributed by atoms with Gasteiger partial charge in [0.1, 0.15) is 11.8 Å². The fourth-order valence-corrected chi connectivity index (χ4v) is 5.88. The van der Waals surface area contributed by atoms with E-state index in [0.29, 0.717) is 30.8 Å². The number of nitrogens with zero attached hydrogens (tertiary/aromatic N) is 2. The van der Waals surface area contributed by atoms with E-state index < -0.39 is 16.1 Å². The summed E-state index contributed by atoms with van der Waals surface area (Å²) in [6.07, 6.45) is 3.68. The Kier molecular flexibility index (Phi) is 12.4. The maximum absolute atomic E-state index is 13.9. The highest BCUT2D eigenvalue weighted by molar-refractivity contribution is 7.92. The standard InChI is InChI=1S/C33H43N3O5S/c1-5-6-21-34-33(38)31(24-27-15-8-7-9-16-27)35(25-28-17-12-18-29(23-28)41-3)32(37)20-13-22-36(42(4,39)40)30-19-11-10-14-26(30)2/h7-12,14-19,23,31H,5-6,13,20-22,24-25H2,1-4H3,(H,34,38). The van der Waals surface area contributed by atoms with Crippen LogP contribution in [0.2, 0.25) is 0 Å². The fourth-order valence-electron chi connectivity index (χ4n) is 4.85. The average molecular weight is 594 g/mol. The van der Waals surface area contributed by atoms with Crippen LogP contribution in [-0.4, -0.2) is 57.6 Å². The molecule has 3 aromatic rings. The number of para-hydroxylation sites is 1. The molecule has 0 saturated carbocycles. The predicted molar refractivity (Wildman–Crippen MR) is 168 cm³/mol. The quantitative estimate of drug-likeness (QED) is 0.233. The first-order chi connectivity index (χ1) is 20.1. The molecule has 2 amide bonds. The van der Waals surface area contributed by atoms with Gasteiger partial charge in [-0.1, -0.05) is 74.0 Å². The minimum atomic E-state index is -3.57. The van der Waals surface area contributed by atoms with Gasteiger partial charge in [-0.15, -0.1) is 0 Å². The number of rotatable bonds is 16. The maximum atomic E-state index is 13.9. The smallest absolute Gasteiger partial charge is 0.243 e. The largest absolute Gasteiger partial charge is 0.497 e. The summed E-state index contributed by atoms with van der Waals surface area (Å²) in [4.78, 5) is 29.2. The number of benzene rings is 3. The molecule has 8 nitrogen and oxygen atoms in total. The van der Waals surface area contributed by atoms with Crippen molar-refractivity contribution in [1.82, 2.24) is 10.2 Å². The molecule has 1 N–H and O–H groups in total. The minimum Gasteiger partial charge on any atom is -0.497 e. The first-order valence-corrected chi connectivity index (χ1v) is 16.3. The number of carbonyl (C=O) groups is 2. The number of methoxy groups -OCH3 is 1. The van der Waals surface area contributed by atoms with Gasteiger partial charge in [0, 0.05) is 32.5 Å². The van der Waals surface area contributed by atoms with E-state index in [1.54, 1.807) is 24.1 Å². The van der Waals surface area contributed by atoms with Crippen molar-refractivity contribution in [2.75, 3.05) is 30.8 Å². The Bertz CT molecular complexity index is 1410. The lowest BCUT2D eigenvalue weighted by atomic mass is 10.0. The van der Waals surface area contributed by atoms with Gasteiger partial charge in [0.15, 0.2) is 0 Å². The lowest BCUT2D eigenvalue weighted by Crippen LogP contribution is -2.50. The summed E-state index contributed by atoms with van der Waals surface area (Å²) in [5, 5.41) is 3.02. The van der Waals surface area contributed by atoms with Crippen molar-refractivity contribution in [2.45, 2.75) is 58.5 Å². The Balaban J connectivity index is 1.89. The molecule has 42 heavy (non-hydrogen) atoms. The third kappa shape index (κ3) is 9.62. The number of ether oxygens (including phenoxy) is 1. The Morgan fingerprint density at radius 1 is 0.929 bits per heavy atom. The molecule has 0 bridgehead atoms. The lowest BCUT2D eigenvalue weighted by molar-refractivity contribution is -0.141. The summed E-state index contributed by atoms with van der Waals surface area (Å²) in [5.41, 5.74) is 3.21. The normalized spacial score (nSPS) is 11.9. The number of unbranched alkanes of at least 4 members (excludes halogenated alkanes) is 1. The zero-order valence-corrected chi connectivity index (χ0v) is 25.9. The highest BCUT2D eigenvalue weighted by atomic mass is 32.2. The van der Waals surface area contributed by atoms with Crippen LogP contribution in [0.15, 0.2) is 78.9 Å². The summed E-state index contributed by atoms with van der Waals surface area (Å²) >= 11 is 0. The van der Waals surface area contributed by atoms with E-state index >= 15 is 0 Å². The van der Waals surface area contributed by atoms with Crippen molar-refractivity contribution in [1.29, 1.82) is 0 Å². The number of nitrogens with one attached hydrogen (secondary N) is 1. The van der Waals surface area contributed by atoms with E-state index in [1.165, 1.54) is 10.6 Å². The number of carbonyl (C=O) groups excluding carboxylic acids is 2. The summed E-state index contributed by atoms with van der Waals surface area (Å²) < 4.78 is 32.1. The Morgan fingerprint density at radius 3 is 2.29 bits per heavy atom. The van der Waals surface area contributed by atoms with Gasteiger partial charge >= 0.3 is 0 Å². The zero-order chi connectivity index (χ0) is 30.5. The molecule has 0 saturated heterocycles. The van der Waals surface area contributed by atoms with E-state index in [9.17, 15) is 18.0 Å². The predicted octanol–water partition coefficient (Wildman–Crippen LogP) is 5.11. The van der Waals surface area contributed by atoms with Crippen molar-refractivity contribution < 1.29 is 22.7 Å². The Labute approximate surface area is 250 Å². The number of hydrogen-bond acceptors (Lipinski definition) is 5. The van der Waals surface area contributed by atoms with Crippen LogP contribution < -0.4 is 14.4 Å². The molecule has 0 heterocycles. The van der Waals surface area contributed by atoms with Crippen molar-refractivity contribution in [3.05, 3.63) is 95.6 Å². The zero-order valence-electron chi connectivity index (χ0n) is 25.1. The van der Waals surface area contributed by atoms with Crippen LogP contribution in [0, 0.1) is 6.92 Å². The molecule has 1 atom stereocenters. The molecule has 0 fully saturated rings. The highest BCUT2D eigenvalue weighted by Gasteiger charge is 2.30. The summed E-state index contributed by atoms with van der Waals surface area (Å²) in [7, 11) is -1.98. The van der Waals surface area contributed by atoms with Gasteiger partial charge in [-0.2, -0.15) is 0 Å². The fraction of sp³-hybridized carbons (Fsp3) is 0.394. The third-order valence-electron chi connectivity index (χ3n) is 7.12. The van der Waals surface area contributed by atoms with Gasteiger partial charge in [0.25, 0.3) is 0 Å². The van der Waals surface area contributed by atoms with E-state index in [0.717, 1.165) is 29.5 Å². The first-order valence-electron chi connectivity index (χ1n) is 14.4. The van der Waals surface area contributed by atoms with E-state index in [2.05, 4.69) is 12.2 Å². The molecule has 0 aromatic heterocycles. The molecular weight excluding hydrogens is 550 g/mol. The highest BCUT2D eigenvalue weighted by Crippen LogP contribution is 2.24. The number of anilines is 1. The van der Waals surface area contributed by atoms with E-state index in [1.807, 2.05) is 73.7 Å². The van der Waals surface area contributed by atoms with Crippen LogP contribution in [0.1, 0.15) is 49.3 Å². The van der Waals surface area contributed by atoms with E-state index in [4.69, 9.17) is 4.74 Å². The van der Waals surface area contributed by atoms with Gasteiger partial charge in [-0.05, 0) is 54.7 Å². The van der Waals surface area contributed by atoms with E-state index in [-0.39, 0.29) is 31.3 Å². The summed E-state index contributed by atoms with van der Waals surface area (Å²) in [5.74, 6) is 0.234. The summed E-state index contributed by atoms with van der Waals surface area (Å²) in [6, 6.07) is 23.7. The number of sulfonamides is 1. The van der Waals surface area contributed by atoms with Gasteiger partial charge < -0.3 is 15.0 Å². The lowest BCUT2D eigenvalue weighted by Gasteiger charge is -2.32. The molecule has 3 aromatic carbocycles. The van der Waals surface area contributed by atoms with Gasteiger partial charge in [0.2, 0.25) is 21.8 Å². The Morgan fingerprint density at radius 2 is 1.62 bits per heavy atom. The topological polar surface area (TPSA) is 96.0 Å². The average Bonchev–Trinajstić information content (AvgIpc) is 2.97. The maximum Gasteiger partial charge on any atom is 0.243 e. The number of hydrogen-bond donors (Lipinski definition) is 1.